The summed E-state index contributed by atoms with van der Waals surface area (Å²) in [5, 5.41) is 0. The standard InChI is InChI=1S/C15H17F2O.Re/c1-3-10-4-6-11(7-5-10)12-8-9-13(18-2)15(17)14(12)16;/h1,3,8-11H,4-7H2,2H3;/q-1;. The van der Waals surface area contributed by atoms with E-state index in [1.54, 1.807) is 12.1 Å². The van der Waals surface area contributed by atoms with E-state index in [1.165, 1.54) is 13.2 Å². The predicted octanol–water partition coefficient (Wildman–Crippen LogP) is 4.23. The van der Waals surface area contributed by atoms with Gasteiger partial charge in [-0.2, -0.15) is 4.39 Å². The number of ether oxygens (including phenoxy) is 1. The van der Waals surface area contributed by atoms with Crippen molar-refractivity contribution in [2.45, 2.75) is 31.6 Å². The summed E-state index contributed by atoms with van der Waals surface area (Å²) in [6.07, 6.45) is 5.28. The molecule has 0 aromatic heterocycles. The number of halogens is 2. The molecule has 1 fully saturated rings. The molecule has 0 heterocycles. The number of hydrogen-bond donors (Lipinski definition) is 0. The summed E-state index contributed by atoms with van der Waals surface area (Å²) < 4.78 is 32.3. The molecule has 105 valence electrons. The minimum absolute atomic E-state index is 0. The van der Waals surface area contributed by atoms with Gasteiger partial charge in [-0.25, -0.2) is 4.39 Å². The second-order valence-corrected chi connectivity index (χ2v) is 4.79. The van der Waals surface area contributed by atoms with Gasteiger partial charge in [-0.1, -0.05) is 12.0 Å². The zero-order valence-corrected chi connectivity index (χ0v) is 13.6. The first kappa shape index (κ1) is 16.3. The third-order valence-electron chi connectivity index (χ3n) is 3.78. The summed E-state index contributed by atoms with van der Waals surface area (Å²) >= 11 is 0. The summed E-state index contributed by atoms with van der Waals surface area (Å²) in [4.78, 5) is 0. The number of hydrogen-bond acceptors (Lipinski definition) is 1. The van der Waals surface area contributed by atoms with Gasteiger partial charge in [0.25, 0.3) is 0 Å². The third-order valence-corrected chi connectivity index (χ3v) is 3.78. The molecule has 1 aromatic carbocycles. The van der Waals surface area contributed by atoms with Gasteiger partial charge in [-0.05, 0) is 43.2 Å². The van der Waals surface area contributed by atoms with Crippen LogP contribution in [0, 0.1) is 24.1 Å². The van der Waals surface area contributed by atoms with Crippen molar-refractivity contribution in [1.82, 2.24) is 0 Å². The Morgan fingerprint density at radius 1 is 1.16 bits per heavy atom. The van der Waals surface area contributed by atoms with Gasteiger partial charge in [0.15, 0.2) is 11.6 Å². The molecule has 1 radical (unpaired) electrons. The second kappa shape index (κ2) is 7.17. The second-order valence-electron chi connectivity index (χ2n) is 4.79. The normalized spacial score (nSPS) is 22.5. The molecule has 1 aliphatic carbocycles. The first-order valence-electron chi connectivity index (χ1n) is 6.24. The monoisotopic (exact) mass is 438 g/mol. The number of rotatable bonds is 3. The van der Waals surface area contributed by atoms with Crippen molar-refractivity contribution in [3.63, 3.8) is 0 Å². The van der Waals surface area contributed by atoms with Gasteiger partial charge in [0.1, 0.15) is 0 Å². The molecule has 1 nitrogen and oxygen atoms in total. The number of allylic oxidation sites excluding steroid dienone is 1. The average Bonchev–Trinajstić information content (AvgIpc) is 2.42. The molecular formula is C15H17F2ORe-. The van der Waals surface area contributed by atoms with Crippen LogP contribution in [-0.2, 0) is 20.4 Å². The Bertz CT molecular complexity index is 440. The molecule has 0 N–H and O–H groups in total. The van der Waals surface area contributed by atoms with Gasteiger partial charge in [0.2, 0.25) is 5.82 Å². The molecule has 0 saturated heterocycles. The molecule has 19 heavy (non-hydrogen) atoms. The van der Waals surface area contributed by atoms with E-state index < -0.39 is 11.6 Å². The van der Waals surface area contributed by atoms with Crippen molar-refractivity contribution in [2.24, 2.45) is 5.92 Å². The van der Waals surface area contributed by atoms with Crippen molar-refractivity contribution in [2.75, 3.05) is 7.11 Å². The molecule has 0 amide bonds. The molecule has 2 rings (SSSR count). The molecule has 1 aliphatic rings. The molecule has 1 saturated carbocycles. The van der Waals surface area contributed by atoms with Crippen molar-refractivity contribution < 1.29 is 33.9 Å². The fourth-order valence-corrected chi connectivity index (χ4v) is 2.64. The molecule has 0 spiro atoms. The van der Waals surface area contributed by atoms with Crippen LogP contribution in [0.5, 0.6) is 5.75 Å². The molecular weight excluding hydrogens is 420 g/mol. The van der Waals surface area contributed by atoms with Crippen LogP contribution in [0.25, 0.3) is 0 Å². The van der Waals surface area contributed by atoms with Crippen molar-refractivity contribution in [3.05, 3.63) is 42.0 Å². The van der Waals surface area contributed by atoms with E-state index in [0.717, 1.165) is 25.7 Å². The SMILES string of the molecule is [CH-]=CC1CCC(c2ccc(OC)c(F)c2F)CC1.[Re]. The summed E-state index contributed by atoms with van der Waals surface area (Å²) in [5.41, 5.74) is 0.462. The Morgan fingerprint density at radius 2 is 1.79 bits per heavy atom. The number of benzene rings is 1. The molecule has 0 atom stereocenters. The molecule has 0 aliphatic heterocycles. The summed E-state index contributed by atoms with van der Waals surface area (Å²) in [7, 11) is 1.33. The van der Waals surface area contributed by atoms with Gasteiger partial charge in [0.05, 0.1) is 7.11 Å². The quantitative estimate of drug-likeness (QED) is 0.643. The van der Waals surface area contributed by atoms with Gasteiger partial charge in [-0.3, -0.25) is 6.08 Å². The van der Waals surface area contributed by atoms with E-state index in [1.807, 2.05) is 0 Å². The Morgan fingerprint density at radius 3 is 2.32 bits per heavy atom. The van der Waals surface area contributed by atoms with Crippen LogP contribution in [0.15, 0.2) is 18.2 Å². The molecule has 4 heteroatoms. The molecule has 0 unspecified atom stereocenters. The van der Waals surface area contributed by atoms with Gasteiger partial charge < -0.3 is 11.3 Å². The fourth-order valence-electron chi connectivity index (χ4n) is 2.64. The molecule has 1 aromatic rings. The Labute approximate surface area is 126 Å². The molecule has 0 bridgehead atoms. The van der Waals surface area contributed by atoms with Crippen LogP contribution in [0.2, 0.25) is 0 Å². The zero-order valence-electron chi connectivity index (χ0n) is 10.8. The Hall–Kier alpha value is -0.718. The third kappa shape index (κ3) is 3.43. The topological polar surface area (TPSA) is 9.23 Å². The fraction of sp³-hybridized carbons (Fsp3) is 0.467. The van der Waals surface area contributed by atoms with E-state index in [2.05, 4.69) is 0 Å². The number of methoxy groups -OCH3 is 1. The summed E-state index contributed by atoms with van der Waals surface area (Å²) in [5.74, 6) is -1.20. The predicted molar refractivity (Wildman–Crippen MR) is 66.5 cm³/mol. The van der Waals surface area contributed by atoms with Gasteiger partial charge in [-0.15, -0.1) is 0 Å². The van der Waals surface area contributed by atoms with Crippen LogP contribution in [0.3, 0.4) is 0 Å². The van der Waals surface area contributed by atoms with Gasteiger partial charge >= 0.3 is 0 Å². The van der Waals surface area contributed by atoms with Crippen LogP contribution in [0.4, 0.5) is 8.78 Å². The maximum Gasteiger partial charge on any atom is 0.200 e. The van der Waals surface area contributed by atoms with Crippen LogP contribution in [-0.4, -0.2) is 7.11 Å². The van der Waals surface area contributed by atoms with E-state index >= 15 is 0 Å². The first-order chi connectivity index (χ1) is 8.67. The summed E-state index contributed by atoms with van der Waals surface area (Å²) in [6, 6.07) is 3.13. The summed E-state index contributed by atoms with van der Waals surface area (Å²) in [6.45, 7) is 5.50. The Kier molecular flexibility index (Phi) is 6.16. The first-order valence-corrected chi connectivity index (χ1v) is 6.24. The van der Waals surface area contributed by atoms with Crippen molar-refractivity contribution in [1.29, 1.82) is 0 Å². The smallest absolute Gasteiger partial charge is 0.200 e. The Balaban J connectivity index is 0.00000180. The van der Waals surface area contributed by atoms with Gasteiger partial charge in [0, 0.05) is 20.4 Å². The zero-order chi connectivity index (χ0) is 13.1. The minimum Gasteiger partial charge on any atom is -0.518 e. The maximum absolute atomic E-state index is 13.9. The maximum atomic E-state index is 13.9. The van der Waals surface area contributed by atoms with Crippen LogP contribution in [0.1, 0.15) is 37.2 Å². The van der Waals surface area contributed by atoms with E-state index in [0.29, 0.717) is 11.5 Å². The van der Waals surface area contributed by atoms with Crippen molar-refractivity contribution in [3.8, 4) is 5.75 Å². The van der Waals surface area contributed by atoms with Crippen LogP contribution < -0.4 is 4.74 Å². The average molecular weight is 438 g/mol. The van der Waals surface area contributed by atoms with E-state index in [9.17, 15) is 8.78 Å². The largest absolute Gasteiger partial charge is 0.518 e. The minimum atomic E-state index is -0.887. The van der Waals surface area contributed by atoms with Crippen LogP contribution >= 0.6 is 0 Å². The van der Waals surface area contributed by atoms with E-state index in [4.69, 9.17) is 11.3 Å². The van der Waals surface area contributed by atoms with Crippen molar-refractivity contribution >= 4 is 0 Å². The van der Waals surface area contributed by atoms with E-state index in [-0.39, 0.29) is 32.1 Å².